The number of hydrogen-bond acceptors (Lipinski definition) is 2. The van der Waals surface area contributed by atoms with Crippen LogP contribution in [-0.4, -0.2) is 17.3 Å². The number of hydrogen-bond donors (Lipinski definition) is 1. The molecule has 0 aliphatic carbocycles. The minimum Gasteiger partial charge on any atom is -0.385 e. The molecule has 15 heavy (non-hydrogen) atoms. The Morgan fingerprint density at radius 3 is 2.93 bits per heavy atom. The van der Waals surface area contributed by atoms with Crippen molar-refractivity contribution in [3.63, 3.8) is 0 Å². The largest absolute Gasteiger partial charge is 0.385 e. The van der Waals surface area contributed by atoms with Gasteiger partial charge in [0, 0.05) is 6.61 Å². The van der Waals surface area contributed by atoms with Gasteiger partial charge >= 0.3 is 0 Å². The Kier molecular flexibility index (Phi) is 2.76. The molecule has 1 fully saturated rings. The van der Waals surface area contributed by atoms with E-state index in [-0.39, 0.29) is 5.82 Å². The van der Waals surface area contributed by atoms with Crippen molar-refractivity contribution in [1.82, 2.24) is 0 Å². The minimum absolute atomic E-state index is 0.326. The quantitative estimate of drug-likeness (QED) is 0.812. The molecule has 82 valence electrons. The molecule has 1 heterocycles. The Balaban J connectivity index is 2.23. The lowest BCUT2D eigenvalue weighted by Crippen LogP contribution is -2.31. The molecule has 1 aliphatic heterocycles. The van der Waals surface area contributed by atoms with E-state index in [1.807, 2.05) is 6.92 Å². The van der Waals surface area contributed by atoms with E-state index in [2.05, 4.69) is 0 Å². The lowest BCUT2D eigenvalue weighted by Gasteiger charge is -2.29. The predicted octanol–water partition coefficient (Wildman–Crippen LogP) is 2.43. The van der Waals surface area contributed by atoms with E-state index in [0.29, 0.717) is 12.2 Å². The van der Waals surface area contributed by atoms with Gasteiger partial charge in [0.1, 0.15) is 11.9 Å². The van der Waals surface area contributed by atoms with E-state index in [4.69, 9.17) is 4.74 Å². The molecule has 1 N–H and O–H groups in total. The van der Waals surface area contributed by atoms with Crippen molar-refractivity contribution in [2.24, 2.45) is 0 Å². The Hall–Kier alpha value is -0.930. The Bertz CT molecular complexity index is 345. The Labute approximate surface area is 88.7 Å². The van der Waals surface area contributed by atoms with E-state index >= 15 is 0 Å². The maximum Gasteiger partial charge on any atom is 0.123 e. The van der Waals surface area contributed by atoms with Crippen molar-refractivity contribution in [2.75, 3.05) is 6.61 Å². The molecule has 0 amide bonds. The van der Waals surface area contributed by atoms with Crippen LogP contribution in [0.25, 0.3) is 0 Å². The van der Waals surface area contributed by atoms with Gasteiger partial charge in [-0.15, -0.1) is 0 Å². The molecule has 0 aromatic heterocycles. The first-order chi connectivity index (χ1) is 7.12. The molecule has 1 aromatic carbocycles. The third-order valence-corrected chi connectivity index (χ3v) is 2.99. The molecule has 0 bridgehead atoms. The van der Waals surface area contributed by atoms with Gasteiger partial charge in [-0.05, 0) is 37.5 Å². The average molecular weight is 210 g/mol. The van der Waals surface area contributed by atoms with E-state index in [9.17, 15) is 9.50 Å². The van der Waals surface area contributed by atoms with Crippen LogP contribution in [0.1, 0.15) is 31.4 Å². The van der Waals surface area contributed by atoms with E-state index in [1.165, 1.54) is 12.1 Å². The summed E-state index contributed by atoms with van der Waals surface area (Å²) in [6, 6.07) is 6.05. The highest BCUT2D eigenvalue weighted by molar-refractivity contribution is 5.21. The van der Waals surface area contributed by atoms with Crippen molar-refractivity contribution >= 4 is 0 Å². The highest BCUT2D eigenvalue weighted by Gasteiger charge is 2.38. The molecule has 1 saturated heterocycles. The van der Waals surface area contributed by atoms with E-state index in [0.717, 1.165) is 12.8 Å². The molecule has 3 heteroatoms. The number of aliphatic hydroxyl groups excluding tert-OH is 1. The van der Waals surface area contributed by atoms with Gasteiger partial charge in [0.15, 0.2) is 0 Å². The van der Waals surface area contributed by atoms with Crippen LogP contribution in [0.5, 0.6) is 0 Å². The summed E-state index contributed by atoms with van der Waals surface area (Å²) in [5, 5.41) is 10.1. The summed E-state index contributed by atoms with van der Waals surface area (Å²) in [6.45, 7) is 2.54. The summed E-state index contributed by atoms with van der Waals surface area (Å²) in [4.78, 5) is 0. The average Bonchev–Trinajstić information content (AvgIpc) is 2.65. The van der Waals surface area contributed by atoms with E-state index < -0.39 is 11.7 Å². The SMILES string of the molecule is CC1(C(O)c2cccc(F)c2)CCCO1. The summed E-state index contributed by atoms with van der Waals surface area (Å²) < 4.78 is 18.5. The van der Waals surface area contributed by atoms with E-state index in [1.54, 1.807) is 12.1 Å². The van der Waals surface area contributed by atoms with Gasteiger partial charge in [0.05, 0.1) is 5.60 Å². The fourth-order valence-electron chi connectivity index (χ4n) is 2.05. The van der Waals surface area contributed by atoms with Crippen LogP contribution in [0, 0.1) is 5.82 Å². The smallest absolute Gasteiger partial charge is 0.123 e. The first-order valence-corrected chi connectivity index (χ1v) is 5.19. The van der Waals surface area contributed by atoms with Crippen LogP contribution in [0.4, 0.5) is 4.39 Å². The van der Waals surface area contributed by atoms with Crippen molar-refractivity contribution in [3.8, 4) is 0 Å². The molecular weight excluding hydrogens is 195 g/mol. The van der Waals surface area contributed by atoms with Crippen molar-refractivity contribution in [1.29, 1.82) is 0 Å². The van der Waals surface area contributed by atoms with Gasteiger partial charge in [-0.3, -0.25) is 0 Å². The molecule has 1 aliphatic rings. The zero-order valence-corrected chi connectivity index (χ0v) is 8.74. The van der Waals surface area contributed by atoms with Crippen LogP contribution >= 0.6 is 0 Å². The number of benzene rings is 1. The number of ether oxygens (including phenoxy) is 1. The maximum absolute atomic E-state index is 13.0. The fourth-order valence-corrected chi connectivity index (χ4v) is 2.05. The van der Waals surface area contributed by atoms with Crippen molar-refractivity contribution in [3.05, 3.63) is 35.6 Å². The molecule has 0 spiro atoms. The topological polar surface area (TPSA) is 29.5 Å². The zero-order valence-electron chi connectivity index (χ0n) is 8.74. The number of rotatable bonds is 2. The van der Waals surface area contributed by atoms with Crippen LogP contribution in [0.15, 0.2) is 24.3 Å². The minimum atomic E-state index is -0.754. The normalized spacial score (nSPS) is 27.9. The predicted molar refractivity (Wildman–Crippen MR) is 55.0 cm³/mol. The van der Waals surface area contributed by atoms with Gasteiger partial charge in [-0.2, -0.15) is 0 Å². The van der Waals surface area contributed by atoms with Gasteiger partial charge in [-0.25, -0.2) is 4.39 Å². The van der Waals surface area contributed by atoms with Crippen molar-refractivity contribution in [2.45, 2.75) is 31.5 Å². The maximum atomic E-state index is 13.0. The van der Waals surface area contributed by atoms with Gasteiger partial charge < -0.3 is 9.84 Å². The molecular formula is C12H15FO2. The third-order valence-electron chi connectivity index (χ3n) is 2.99. The second kappa shape index (κ2) is 3.91. The summed E-state index contributed by atoms with van der Waals surface area (Å²) in [6.07, 6.45) is 1.00. The van der Waals surface area contributed by atoms with Crippen LogP contribution in [0.3, 0.4) is 0 Å². The first-order valence-electron chi connectivity index (χ1n) is 5.19. The Morgan fingerprint density at radius 2 is 2.33 bits per heavy atom. The first kappa shape index (κ1) is 10.6. The zero-order chi connectivity index (χ0) is 10.9. The molecule has 2 unspecified atom stereocenters. The van der Waals surface area contributed by atoms with Crippen LogP contribution in [0.2, 0.25) is 0 Å². The number of aliphatic hydroxyl groups is 1. The van der Waals surface area contributed by atoms with Crippen molar-refractivity contribution < 1.29 is 14.2 Å². The Morgan fingerprint density at radius 1 is 1.53 bits per heavy atom. The molecule has 0 saturated carbocycles. The monoisotopic (exact) mass is 210 g/mol. The molecule has 2 atom stereocenters. The number of halogens is 1. The second-order valence-corrected chi connectivity index (χ2v) is 4.22. The highest BCUT2D eigenvalue weighted by atomic mass is 19.1. The van der Waals surface area contributed by atoms with Crippen LogP contribution < -0.4 is 0 Å². The highest BCUT2D eigenvalue weighted by Crippen LogP contribution is 2.37. The van der Waals surface area contributed by atoms with Gasteiger partial charge in [-0.1, -0.05) is 12.1 Å². The lowest BCUT2D eigenvalue weighted by molar-refractivity contribution is -0.0797. The van der Waals surface area contributed by atoms with Crippen LogP contribution in [-0.2, 0) is 4.74 Å². The van der Waals surface area contributed by atoms with Gasteiger partial charge in [0.2, 0.25) is 0 Å². The summed E-state index contributed by atoms with van der Waals surface area (Å²) in [5.41, 5.74) is 0.0211. The lowest BCUT2D eigenvalue weighted by atomic mass is 9.90. The molecule has 0 radical (unpaired) electrons. The second-order valence-electron chi connectivity index (χ2n) is 4.22. The molecule has 2 nitrogen and oxygen atoms in total. The standard InChI is InChI=1S/C12H15FO2/c1-12(6-3-7-15-12)11(14)9-4-2-5-10(13)8-9/h2,4-5,8,11,14H,3,6-7H2,1H3. The third kappa shape index (κ3) is 2.03. The molecule has 2 rings (SSSR count). The summed E-state index contributed by atoms with van der Waals surface area (Å²) in [5.74, 6) is -0.326. The molecule has 1 aromatic rings. The summed E-state index contributed by atoms with van der Waals surface area (Å²) >= 11 is 0. The van der Waals surface area contributed by atoms with Gasteiger partial charge in [0.25, 0.3) is 0 Å². The summed E-state index contributed by atoms with van der Waals surface area (Å²) in [7, 11) is 0. The fraction of sp³-hybridized carbons (Fsp3) is 0.500.